The molecule has 0 unspecified atom stereocenters. The van der Waals surface area contributed by atoms with Gasteiger partial charge in [0, 0.05) is 11.5 Å². The van der Waals surface area contributed by atoms with Gasteiger partial charge < -0.3 is 14.8 Å². The van der Waals surface area contributed by atoms with Crippen molar-refractivity contribution in [3.63, 3.8) is 0 Å². The molecule has 0 bridgehead atoms. The molecular weight excluding hydrogens is 350 g/mol. The van der Waals surface area contributed by atoms with E-state index < -0.39 is 5.97 Å². The van der Waals surface area contributed by atoms with Crippen LogP contribution in [0.5, 0.6) is 0 Å². The zero-order valence-electron chi connectivity index (χ0n) is 15.4. The number of H-pyrrole nitrogens is 1. The molecule has 5 nitrogen and oxygen atoms in total. The summed E-state index contributed by atoms with van der Waals surface area (Å²) in [6.45, 7) is 4.03. The number of aliphatic carboxylic acids is 1. The monoisotopic (exact) mass is 377 g/mol. The Balaban J connectivity index is 1.71. The summed E-state index contributed by atoms with van der Waals surface area (Å²) in [6.07, 6.45) is 13.5. The van der Waals surface area contributed by atoms with E-state index in [2.05, 4.69) is 24.1 Å². The highest BCUT2D eigenvalue weighted by Gasteiger charge is 2.19. The SMILES string of the molecule is C/C(=C/C(=O)O)CC/C=C\[C@@H](C)CC[C@@H]1CCC=C(c2csc(=O)[nH]2)O1. The molecule has 0 fully saturated rings. The van der Waals surface area contributed by atoms with Gasteiger partial charge in [0.1, 0.15) is 5.76 Å². The summed E-state index contributed by atoms with van der Waals surface area (Å²) in [5, 5.41) is 10.5. The molecule has 2 N–H and O–H groups in total. The normalized spacial score (nSPS) is 19.2. The molecule has 0 aromatic carbocycles. The minimum atomic E-state index is -0.882. The molecule has 2 heterocycles. The van der Waals surface area contributed by atoms with Crippen molar-refractivity contribution < 1.29 is 14.6 Å². The zero-order chi connectivity index (χ0) is 18.9. The van der Waals surface area contributed by atoms with E-state index in [4.69, 9.17) is 9.84 Å². The van der Waals surface area contributed by atoms with Crippen molar-refractivity contribution in [1.29, 1.82) is 0 Å². The Morgan fingerprint density at radius 3 is 3.04 bits per heavy atom. The number of thiazole rings is 1. The van der Waals surface area contributed by atoms with Crippen LogP contribution in [-0.4, -0.2) is 22.2 Å². The van der Waals surface area contributed by atoms with Crippen molar-refractivity contribution >= 4 is 23.1 Å². The Hall–Kier alpha value is -2.08. The van der Waals surface area contributed by atoms with Crippen molar-refractivity contribution in [2.24, 2.45) is 5.92 Å². The van der Waals surface area contributed by atoms with E-state index in [1.165, 1.54) is 6.08 Å². The summed E-state index contributed by atoms with van der Waals surface area (Å²) in [4.78, 5) is 24.6. The third kappa shape index (κ3) is 7.04. The van der Waals surface area contributed by atoms with E-state index in [1.54, 1.807) is 0 Å². The number of rotatable bonds is 9. The molecule has 0 radical (unpaired) electrons. The fourth-order valence-corrected chi connectivity index (χ4v) is 3.50. The van der Waals surface area contributed by atoms with Crippen LogP contribution in [0.15, 0.2) is 40.1 Å². The highest BCUT2D eigenvalue weighted by Crippen LogP contribution is 2.27. The number of allylic oxidation sites excluding steroid dienone is 4. The maximum absolute atomic E-state index is 11.3. The molecular formula is C20H27NO4S. The minimum Gasteiger partial charge on any atom is -0.489 e. The van der Waals surface area contributed by atoms with Crippen LogP contribution >= 0.6 is 11.3 Å². The quantitative estimate of drug-likeness (QED) is 0.481. The maximum atomic E-state index is 11.3. The van der Waals surface area contributed by atoms with Gasteiger partial charge in [-0.3, -0.25) is 4.79 Å². The first-order valence-corrected chi connectivity index (χ1v) is 9.93. The van der Waals surface area contributed by atoms with Gasteiger partial charge in [0.15, 0.2) is 0 Å². The van der Waals surface area contributed by atoms with Crippen LogP contribution in [0.4, 0.5) is 0 Å². The predicted octanol–water partition coefficient (Wildman–Crippen LogP) is 4.74. The summed E-state index contributed by atoms with van der Waals surface area (Å²) >= 11 is 1.16. The smallest absolute Gasteiger partial charge is 0.328 e. The van der Waals surface area contributed by atoms with Crippen LogP contribution in [-0.2, 0) is 9.53 Å². The summed E-state index contributed by atoms with van der Waals surface area (Å²) in [5.41, 5.74) is 1.67. The van der Waals surface area contributed by atoms with Gasteiger partial charge in [0.05, 0.1) is 11.8 Å². The third-order valence-electron chi connectivity index (χ3n) is 4.38. The van der Waals surface area contributed by atoms with Crippen LogP contribution in [0.3, 0.4) is 0 Å². The Labute approximate surface area is 158 Å². The highest BCUT2D eigenvalue weighted by molar-refractivity contribution is 7.07. The largest absolute Gasteiger partial charge is 0.489 e. The highest BCUT2D eigenvalue weighted by atomic mass is 32.1. The summed E-state index contributed by atoms with van der Waals surface area (Å²) < 4.78 is 6.04. The van der Waals surface area contributed by atoms with Crippen molar-refractivity contribution in [3.05, 3.63) is 50.6 Å². The second-order valence-electron chi connectivity index (χ2n) is 6.80. The lowest BCUT2D eigenvalue weighted by molar-refractivity contribution is -0.131. The van der Waals surface area contributed by atoms with E-state index in [1.807, 2.05) is 18.4 Å². The lowest BCUT2D eigenvalue weighted by Gasteiger charge is -2.24. The molecule has 1 aromatic rings. The zero-order valence-corrected chi connectivity index (χ0v) is 16.2. The molecule has 1 aromatic heterocycles. The first kappa shape index (κ1) is 20.2. The van der Waals surface area contributed by atoms with Gasteiger partial charge in [-0.05, 0) is 57.4 Å². The molecule has 0 spiro atoms. The number of hydrogen-bond acceptors (Lipinski definition) is 4. The van der Waals surface area contributed by atoms with Gasteiger partial charge in [0.25, 0.3) is 0 Å². The summed E-state index contributed by atoms with van der Waals surface area (Å²) in [7, 11) is 0. The summed E-state index contributed by atoms with van der Waals surface area (Å²) in [5.74, 6) is 0.369. The number of nitrogens with one attached hydrogen (secondary N) is 1. The average molecular weight is 378 g/mol. The molecule has 0 saturated carbocycles. The third-order valence-corrected chi connectivity index (χ3v) is 5.05. The molecule has 0 saturated heterocycles. The molecule has 2 rings (SSSR count). The molecule has 6 heteroatoms. The molecule has 0 amide bonds. The van der Waals surface area contributed by atoms with E-state index in [9.17, 15) is 9.59 Å². The number of carboxylic acid groups (broad SMARTS) is 1. The standard InChI is InChI=1S/C20H27NO4S/c1-14(6-3-4-7-15(2)12-19(22)23)10-11-16-8-5-9-18(25-16)17-13-26-20(24)21-17/h3,6,9,12-14,16H,4-5,7-8,10-11H2,1-2H3,(H,21,24)(H,22,23)/b6-3-,15-12-/t14-,16+/m1/s1. The Morgan fingerprint density at radius 2 is 2.35 bits per heavy atom. The first-order chi connectivity index (χ1) is 12.4. The second kappa shape index (κ2) is 10.2. The Bertz CT molecular complexity index is 741. The van der Waals surface area contributed by atoms with Crippen LogP contribution in [0, 0.1) is 5.92 Å². The topological polar surface area (TPSA) is 79.4 Å². The Kier molecular flexibility index (Phi) is 7.91. The van der Waals surface area contributed by atoms with Crippen LogP contribution in [0.2, 0.25) is 0 Å². The molecule has 1 aliphatic rings. The molecule has 0 aliphatic carbocycles. The van der Waals surface area contributed by atoms with Crippen molar-refractivity contribution in [3.8, 4) is 0 Å². The second-order valence-corrected chi connectivity index (χ2v) is 7.64. The fraction of sp³-hybridized carbons (Fsp3) is 0.500. The molecule has 2 atom stereocenters. The van der Waals surface area contributed by atoms with Gasteiger partial charge in [-0.1, -0.05) is 36.0 Å². The molecule has 26 heavy (non-hydrogen) atoms. The minimum absolute atomic E-state index is 0.0566. The van der Waals surface area contributed by atoms with Crippen molar-refractivity contribution in [2.75, 3.05) is 0 Å². The summed E-state index contributed by atoms with van der Waals surface area (Å²) in [6, 6.07) is 0. The fourth-order valence-electron chi connectivity index (χ4n) is 2.93. The molecule has 1 aliphatic heterocycles. The number of hydrogen-bond donors (Lipinski definition) is 2. The van der Waals surface area contributed by atoms with Gasteiger partial charge in [-0.2, -0.15) is 0 Å². The number of carboxylic acids is 1. The van der Waals surface area contributed by atoms with Crippen molar-refractivity contribution in [2.45, 2.75) is 58.5 Å². The first-order valence-electron chi connectivity index (χ1n) is 9.06. The van der Waals surface area contributed by atoms with Crippen LogP contribution in [0.1, 0.15) is 58.1 Å². The predicted molar refractivity (Wildman–Crippen MR) is 105 cm³/mol. The van der Waals surface area contributed by atoms with Gasteiger partial charge in [-0.25, -0.2) is 4.79 Å². The lowest BCUT2D eigenvalue weighted by Crippen LogP contribution is -2.17. The van der Waals surface area contributed by atoms with Crippen LogP contribution in [0.25, 0.3) is 5.76 Å². The number of aromatic nitrogens is 1. The van der Waals surface area contributed by atoms with Gasteiger partial charge in [0.2, 0.25) is 0 Å². The van der Waals surface area contributed by atoms with Gasteiger partial charge in [-0.15, -0.1) is 0 Å². The van der Waals surface area contributed by atoms with E-state index in [0.717, 1.165) is 66.9 Å². The van der Waals surface area contributed by atoms with E-state index in [-0.39, 0.29) is 11.0 Å². The van der Waals surface area contributed by atoms with Crippen molar-refractivity contribution in [1.82, 2.24) is 4.98 Å². The lowest BCUT2D eigenvalue weighted by atomic mass is 9.98. The number of ether oxygens (including phenoxy) is 1. The van der Waals surface area contributed by atoms with Crippen LogP contribution < -0.4 is 4.87 Å². The van der Waals surface area contributed by atoms with E-state index in [0.29, 0.717) is 5.92 Å². The Morgan fingerprint density at radius 1 is 1.54 bits per heavy atom. The van der Waals surface area contributed by atoms with E-state index >= 15 is 0 Å². The average Bonchev–Trinajstić information content (AvgIpc) is 3.03. The number of aromatic amines is 1. The number of carbonyl (C=O) groups is 1. The molecule has 142 valence electrons. The van der Waals surface area contributed by atoms with Gasteiger partial charge >= 0.3 is 10.8 Å². The maximum Gasteiger partial charge on any atom is 0.328 e.